The van der Waals surface area contributed by atoms with E-state index in [1.54, 1.807) is 24.4 Å². The fourth-order valence-electron chi connectivity index (χ4n) is 6.99. The Kier molecular flexibility index (Phi) is 23.8. The second kappa shape index (κ2) is 29.1. The molecule has 3 rings (SSSR count). The van der Waals surface area contributed by atoms with E-state index in [9.17, 15) is 48.3 Å². The average molecular weight is 907 g/mol. The van der Waals surface area contributed by atoms with Crippen LogP contribution in [-0.4, -0.2) is 113 Å². The summed E-state index contributed by atoms with van der Waals surface area (Å²) in [6.45, 7) is 1.56. The number of amides is 7. The number of hydrogen-bond donors (Lipinski definition) is 9. The number of aliphatic hydroxyl groups excluding tert-OH is 1. The Bertz CT molecular complexity index is 2000. The number of H-pyrrole nitrogens is 1. The van der Waals surface area contributed by atoms with Gasteiger partial charge in [0.2, 0.25) is 41.4 Å². The van der Waals surface area contributed by atoms with Crippen molar-refractivity contribution < 1.29 is 53.0 Å². The van der Waals surface area contributed by atoms with Gasteiger partial charge < -0.3 is 52.5 Å². The first kappa shape index (κ1) is 53.0. The second-order valence-corrected chi connectivity index (χ2v) is 16.0. The third kappa shape index (κ3) is 19.9. The predicted molar refractivity (Wildman–Crippen MR) is 241 cm³/mol. The summed E-state index contributed by atoms with van der Waals surface area (Å²) in [6, 6.07) is 1.63. The van der Waals surface area contributed by atoms with Crippen molar-refractivity contribution in [1.29, 1.82) is 0 Å². The lowest BCUT2D eigenvalue weighted by molar-refractivity contribution is -0.152. The number of nitrogens with one attached hydrogen (secondary N) is 7. The van der Waals surface area contributed by atoms with Crippen molar-refractivity contribution in [2.75, 3.05) is 19.7 Å². The van der Waals surface area contributed by atoms with E-state index in [0.29, 0.717) is 31.2 Å². The number of esters is 1. The van der Waals surface area contributed by atoms with Crippen molar-refractivity contribution in [2.24, 2.45) is 5.73 Å². The predicted octanol–water partition coefficient (Wildman–Crippen LogP) is 1.47. The van der Waals surface area contributed by atoms with Gasteiger partial charge in [0.1, 0.15) is 36.8 Å². The number of fused-ring (bicyclic) bond motifs is 1. The number of ether oxygens (including phenoxy) is 1. The smallest absolute Gasteiger partial charge is 0.325 e. The van der Waals surface area contributed by atoms with E-state index in [1.807, 2.05) is 24.3 Å². The molecule has 1 fully saturated rings. The number of aromatic nitrogens is 1. The monoisotopic (exact) mass is 906 g/mol. The molecule has 0 radical (unpaired) electrons. The van der Waals surface area contributed by atoms with Gasteiger partial charge in [-0.1, -0.05) is 75.5 Å². The summed E-state index contributed by atoms with van der Waals surface area (Å²) in [5, 5.41) is 25.7. The molecule has 1 unspecified atom stereocenters. The van der Waals surface area contributed by atoms with E-state index in [2.05, 4.69) is 49.9 Å². The molecular formula is C46H66N8O11. The molecule has 1 aromatic heterocycles. The number of allylic oxidation sites excluding steroid dienone is 4. The lowest BCUT2D eigenvalue weighted by atomic mass is 10.0. The fourth-order valence-corrected chi connectivity index (χ4v) is 6.99. The summed E-state index contributed by atoms with van der Waals surface area (Å²) in [7, 11) is 0. The number of ketones is 1. The lowest BCUT2D eigenvalue weighted by Crippen LogP contribution is -2.58. The van der Waals surface area contributed by atoms with Crippen LogP contribution in [0, 0.1) is 0 Å². The first-order valence-electron chi connectivity index (χ1n) is 22.5. The molecule has 0 spiro atoms. The number of para-hydroxylation sites is 1. The van der Waals surface area contributed by atoms with Gasteiger partial charge in [0.25, 0.3) is 0 Å². The van der Waals surface area contributed by atoms with Crippen molar-refractivity contribution in [3.8, 4) is 0 Å². The molecule has 1 saturated heterocycles. The molecule has 2 aromatic rings. The summed E-state index contributed by atoms with van der Waals surface area (Å²) in [6.07, 6.45) is 15.2. The normalized spacial score (nSPS) is 19.7. The molecule has 0 bridgehead atoms. The molecule has 356 valence electrons. The fraction of sp³-hybridized carbons (Fsp3) is 0.543. The Labute approximate surface area is 379 Å². The van der Waals surface area contributed by atoms with Crippen LogP contribution >= 0.6 is 0 Å². The van der Waals surface area contributed by atoms with Crippen molar-refractivity contribution >= 4 is 64.0 Å². The van der Waals surface area contributed by atoms with Crippen molar-refractivity contribution in [3.63, 3.8) is 0 Å². The SMILES string of the molecule is CCCCC/C=C/C=C/C(=O)CCCCCCCC(=O)N[C@H](CCC(N)=O)C(=O)NC1C(=O)NCCC(=O)N[C@H](Cc2c[nH]c3ccccc23)C(=O)N[C@H](CO)C(=O)NCC(=O)O[C@@H]1C. The van der Waals surface area contributed by atoms with E-state index in [1.165, 1.54) is 13.3 Å². The van der Waals surface area contributed by atoms with Crippen molar-refractivity contribution in [3.05, 3.63) is 60.3 Å². The number of benzene rings is 1. The summed E-state index contributed by atoms with van der Waals surface area (Å²) in [5.74, 6) is -6.38. The average Bonchev–Trinajstić information content (AvgIpc) is 3.68. The number of carbonyl (C=O) groups is 9. The highest BCUT2D eigenvalue weighted by atomic mass is 16.5. The van der Waals surface area contributed by atoms with Crippen LogP contribution in [0.15, 0.2) is 54.8 Å². The van der Waals surface area contributed by atoms with Gasteiger partial charge in [-0.15, -0.1) is 0 Å². The zero-order chi connectivity index (χ0) is 47.6. The van der Waals surface area contributed by atoms with Gasteiger partial charge in [-0.2, -0.15) is 0 Å². The minimum Gasteiger partial charge on any atom is -0.459 e. The van der Waals surface area contributed by atoms with Crippen molar-refractivity contribution in [2.45, 2.75) is 140 Å². The van der Waals surface area contributed by atoms with Crippen LogP contribution in [0.2, 0.25) is 0 Å². The Balaban J connectivity index is 1.63. The number of hydrogen-bond acceptors (Lipinski definition) is 11. The molecule has 65 heavy (non-hydrogen) atoms. The van der Waals surface area contributed by atoms with Gasteiger partial charge in [0.05, 0.1) is 6.61 Å². The highest BCUT2D eigenvalue weighted by molar-refractivity contribution is 5.95. The highest BCUT2D eigenvalue weighted by Gasteiger charge is 2.34. The van der Waals surface area contributed by atoms with Crippen LogP contribution in [0.3, 0.4) is 0 Å². The van der Waals surface area contributed by atoms with Crippen LogP contribution in [0.25, 0.3) is 10.9 Å². The highest BCUT2D eigenvalue weighted by Crippen LogP contribution is 2.19. The third-order valence-electron chi connectivity index (χ3n) is 10.7. The second-order valence-electron chi connectivity index (χ2n) is 16.0. The molecule has 1 aliphatic heterocycles. The quantitative estimate of drug-likeness (QED) is 0.0333. The molecule has 7 amide bonds. The minimum atomic E-state index is -1.59. The molecular weight excluding hydrogens is 841 g/mol. The van der Waals surface area contributed by atoms with Gasteiger partial charge in [0, 0.05) is 55.7 Å². The summed E-state index contributed by atoms with van der Waals surface area (Å²) in [5.41, 5.74) is 6.81. The van der Waals surface area contributed by atoms with Gasteiger partial charge in [-0.05, 0) is 56.7 Å². The van der Waals surface area contributed by atoms with Gasteiger partial charge >= 0.3 is 5.97 Å². The van der Waals surface area contributed by atoms with Crippen LogP contribution < -0.4 is 37.6 Å². The molecule has 19 nitrogen and oxygen atoms in total. The molecule has 2 heterocycles. The van der Waals surface area contributed by atoms with E-state index in [4.69, 9.17) is 10.5 Å². The third-order valence-corrected chi connectivity index (χ3v) is 10.7. The molecule has 1 aliphatic rings. The van der Waals surface area contributed by atoms with Crippen LogP contribution in [-0.2, 0) is 54.3 Å². The Morgan fingerprint density at radius 1 is 0.877 bits per heavy atom. The standard InChI is InChI=1S/C46H66N8O11/c1-3-4-5-6-7-9-12-17-32(56)18-13-10-8-11-14-21-39(58)51-35(22-23-38(47)57)44(62)54-42-30(2)65-41(60)28-50-43(61)37(29-55)53-45(63)36(52-40(59)24-25-48-46(42)64)26-31-27-49-34-20-16-15-19-33(31)34/h7,9,12,15-17,19-20,27,30,35-37,42,49,55H,3-6,8,10-11,13-14,18,21-26,28-29H2,1-2H3,(H2,47,57)(H,48,64)(H,50,61)(H,51,58)(H,52,59)(H,53,63)(H,54,62)/b9-7+,17-12+/t30-,35-,36-,37-,42?/m1/s1. The molecule has 19 heteroatoms. The van der Waals surface area contributed by atoms with Gasteiger partial charge in [0.15, 0.2) is 5.78 Å². The zero-order valence-corrected chi connectivity index (χ0v) is 37.4. The molecule has 1 aromatic carbocycles. The maximum absolute atomic E-state index is 13.7. The van der Waals surface area contributed by atoms with Crippen LogP contribution in [0.4, 0.5) is 0 Å². The largest absolute Gasteiger partial charge is 0.459 e. The number of aromatic amines is 1. The van der Waals surface area contributed by atoms with Gasteiger partial charge in [-0.25, -0.2) is 0 Å². The number of primary amides is 1. The number of carbonyl (C=O) groups excluding carboxylic acids is 9. The first-order chi connectivity index (χ1) is 31.2. The number of aliphatic hydroxyl groups is 1. The van der Waals surface area contributed by atoms with E-state index < -0.39 is 90.7 Å². The topological polar surface area (TPSA) is 297 Å². The van der Waals surface area contributed by atoms with Gasteiger partial charge in [-0.3, -0.25) is 43.2 Å². The lowest BCUT2D eigenvalue weighted by Gasteiger charge is -2.27. The number of rotatable bonds is 23. The molecule has 0 saturated carbocycles. The Morgan fingerprint density at radius 3 is 2.35 bits per heavy atom. The van der Waals surface area contributed by atoms with E-state index in [0.717, 1.165) is 43.0 Å². The zero-order valence-electron chi connectivity index (χ0n) is 37.4. The summed E-state index contributed by atoms with van der Waals surface area (Å²) < 4.78 is 5.39. The number of cyclic esters (lactones) is 1. The summed E-state index contributed by atoms with van der Waals surface area (Å²) >= 11 is 0. The van der Waals surface area contributed by atoms with E-state index in [-0.39, 0.29) is 44.4 Å². The van der Waals surface area contributed by atoms with E-state index >= 15 is 0 Å². The van der Waals surface area contributed by atoms with Crippen LogP contribution in [0.5, 0.6) is 0 Å². The van der Waals surface area contributed by atoms with Crippen LogP contribution in [0.1, 0.15) is 109 Å². The number of nitrogens with two attached hydrogens (primary N) is 1. The Morgan fingerprint density at radius 2 is 1.62 bits per heavy atom. The van der Waals surface area contributed by atoms with Crippen molar-refractivity contribution in [1.82, 2.24) is 36.9 Å². The molecule has 5 atom stereocenters. The Hall–Kier alpha value is -6.37. The maximum atomic E-state index is 13.7. The molecule has 0 aliphatic carbocycles. The number of unbranched alkanes of at least 4 members (excludes halogenated alkanes) is 7. The minimum absolute atomic E-state index is 0.0155. The first-order valence-corrected chi connectivity index (χ1v) is 22.5. The summed E-state index contributed by atoms with van der Waals surface area (Å²) in [4.78, 5) is 120. The molecule has 10 N–H and O–H groups in total. The maximum Gasteiger partial charge on any atom is 0.325 e.